The van der Waals surface area contributed by atoms with Gasteiger partial charge in [-0.1, -0.05) is 12.5 Å². The van der Waals surface area contributed by atoms with Gasteiger partial charge >= 0.3 is 6.18 Å². The molecule has 2 aromatic rings. The van der Waals surface area contributed by atoms with Crippen molar-refractivity contribution in [1.29, 1.82) is 0 Å². The predicted molar refractivity (Wildman–Crippen MR) is 88.2 cm³/mol. The lowest BCUT2D eigenvalue weighted by molar-refractivity contribution is -0.269. The van der Waals surface area contributed by atoms with Crippen LogP contribution in [0, 0.1) is 5.92 Å². The topological polar surface area (TPSA) is 61.6 Å². The lowest BCUT2D eigenvalue weighted by atomic mass is 9.80. The summed E-state index contributed by atoms with van der Waals surface area (Å²) < 4.78 is 41.3. The van der Waals surface area contributed by atoms with E-state index in [0.29, 0.717) is 35.0 Å². The molecule has 25 heavy (non-hydrogen) atoms. The summed E-state index contributed by atoms with van der Waals surface area (Å²) in [5.74, 6) is -1.04. The third-order valence-corrected chi connectivity index (χ3v) is 5.45. The van der Waals surface area contributed by atoms with Crippen molar-refractivity contribution in [1.82, 2.24) is 9.97 Å². The number of thiazole rings is 1. The quantitative estimate of drug-likeness (QED) is 0.875. The van der Waals surface area contributed by atoms with Crippen LogP contribution in [-0.2, 0) is 0 Å². The van der Waals surface area contributed by atoms with Crippen LogP contribution in [-0.4, -0.2) is 32.7 Å². The summed E-state index contributed by atoms with van der Waals surface area (Å²) in [6, 6.07) is 5.25. The van der Waals surface area contributed by atoms with Crippen LogP contribution in [0.1, 0.15) is 25.7 Å². The third-order valence-electron chi connectivity index (χ3n) is 4.63. The van der Waals surface area contributed by atoms with Gasteiger partial charge in [-0.25, -0.2) is 4.98 Å². The zero-order chi connectivity index (χ0) is 17.7. The standard InChI is InChI=1S/C16H15F3N4OS/c17-16(18,19)15(24)10-5-1-2-6-11(10)22-23(15)14-21-13(9-25-14)12-7-3-4-8-20-12/h3-4,7-10,24H,1-2,5-6H2/t10-,15+/m1/s1. The van der Waals surface area contributed by atoms with Crippen LogP contribution < -0.4 is 5.01 Å². The van der Waals surface area contributed by atoms with Crippen LogP contribution >= 0.6 is 11.3 Å². The Hall–Kier alpha value is -2.00. The van der Waals surface area contributed by atoms with Gasteiger partial charge in [-0.3, -0.25) is 4.98 Å². The van der Waals surface area contributed by atoms with Gasteiger partial charge in [0.05, 0.1) is 11.6 Å². The normalized spacial score (nSPS) is 26.5. The minimum Gasteiger partial charge on any atom is -0.362 e. The van der Waals surface area contributed by atoms with Crippen molar-refractivity contribution in [2.45, 2.75) is 37.6 Å². The number of aromatic nitrogens is 2. The van der Waals surface area contributed by atoms with Crippen molar-refractivity contribution >= 4 is 22.2 Å². The van der Waals surface area contributed by atoms with E-state index in [1.54, 1.807) is 29.8 Å². The first-order valence-corrected chi connectivity index (χ1v) is 8.83. The van der Waals surface area contributed by atoms with Gasteiger partial charge in [-0.15, -0.1) is 11.3 Å². The van der Waals surface area contributed by atoms with E-state index in [-0.39, 0.29) is 11.6 Å². The summed E-state index contributed by atoms with van der Waals surface area (Å²) in [6.07, 6.45) is -1.08. The van der Waals surface area contributed by atoms with E-state index >= 15 is 0 Å². The summed E-state index contributed by atoms with van der Waals surface area (Å²) in [6.45, 7) is 0. The van der Waals surface area contributed by atoms with Crippen LogP contribution in [0.3, 0.4) is 0 Å². The molecule has 2 atom stereocenters. The molecule has 9 heteroatoms. The van der Waals surface area contributed by atoms with Crippen molar-refractivity contribution in [3.63, 3.8) is 0 Å². The van der Waals surface area contributed by atoms with E-state index in [1.807, 2.05) is 0 Å². The summed E-state index contributed by atoms with van der Waals surface area (Å²) >= 11 is 1.01. The highest BCUT2D eigenvalue weighted by Gasteiger charge is 2.67. The van der Waals surface area contributed by atoms with E-state index in [1.165, 1.54) is 0 Å². The van der Waals surface area contributed by atoms with Crippen molar-refractivity contribution in [2.24, 2.45) is 11.0 Å². The molecule has 1 aliphatic heterocycles. The maximum absolute atomic E-state index is 13.8. The number of nitrogens with zero attached hydrogens (tertiary/aromatic N) is 4. The smallest absolute Gasteiger partial charge is 0.362 e. The number of hydrogen-bond acceptors (Lipinski definition) is 6. The number of pyridine rings is 1. The average molecular weight is 368 g/mol. The van der Waals surface area contributed by atoms with Gasteiger partial charge in [0.15, 0.2) is 0 Å². The molecule has 1 N–H and O–H groups in total. The molecule has 0 bridgehead atoms. The summed E-state index contributed by atoms with van der Waals surface area (Å²) in [4.78, 5) is 8.40. The zero-order valence-corrected chi connectivity index (χ0v) is 13.9. The van der Waals surface area contributed by atoms with Crippen LogP contribution in [0.15, 0.2) is 34.9 Å². The zero-order valence-electron chi connectivity index (χ0n) is 13.1. The molecule has 0 unspecified atom stereocenters. The summed E-state index contributed by atoms with van der Waals surface area (Å²) in [5.41, 5.74) is -1.62. The van der Waals surface area contributed by atoms with Gasteiger partial charge in [0.25, 0.3) is 5.72 Å². The fraction of sp³-hybridized carbons (Fsp3) is 0.438. The van der Waals surface area contributed by atoms with Crippen molar-refractivity contribution in [2.75, 3.05) is 5.01 Å². The second-order valence-electron chi connectivity index (χ2n) is 6.16. The van der Waals surface area contributed by atoms with Crippen molar-refractivity contribution in [3.8, 4) is 11.4 Å². The lowest BCUT2D eigenvalue weighted by Gasteiger charge is -2.38. The molecule has 0 radical (unpaired) electrons. The van der Waals surface area contributed by atoms with Gasteiger partial charge in [-0.05, 0) is 31.4 Å². The molecule has 1 fully saturated rings. The molecule has 3 heterocycles. The summed E-state index contributed by atoms with van der Waals surface area (Å²) in [7, 11) is 0. The van der Waals surface area contributed by atoms with Gasteiger partial charge < -0.3 is 5.11 Å². The Morgan fingerprint density at radius 2 is 2.08 bits per heavy atom. The maximum atomic E-state index is 13.8. The Kier molecular flexibility index (Phi) is 3.80. The Labute approximate surface area is 145 Å². The largest absolute Gasteiger partial charge is 0.439 e. The molecule has 2 aromatic heterocycles. The van der Waals surface area contributed by atoms with E-state index < -0.39 is 17.8 Å². The minimum absolute atomic E-state index is 0.0161. The molecule has 1 aliphatic carbocycles. The first kappa shape index (κ1) is 16.5. The molecule has 0 spiro atoms. The Bertz CT molecular complexity index is 807. The number of alkyl halides is 3. The van der Waals surface area contributed by atoms with Gasteiger partial charge in [-0.2, -0.15) is 23.3 Å². The Balaban J connectivity index is 1.75. The highest BCUT2D eigenvalue weighted by molar-refractivity contribution is 7.14. The third kappa shape index (κ3) is 2.53. The Morgan fingerprint density at radius 1 is 1.24 bits per heavy atom. The molecular weight excluding hydrogens is 353 g/mol. The first-order chi connectivity index (χ1) is 11.9. The molecule has 5 nitrogen and oxygen atoms in total. The molecule has 4 rings (SSSR count). The fourth-order valence-corrected chi connectivity index (χ4v) is 4.22. The second-order valence-corrected chi connectivity index (χ2v) is 6.99. The van der Waals surface area contributed by atoms with Gasteiger partial charge in [0.1, 0.15) is 5.69 Å². The predicted octanol–water partition coefficient (Wildman–Crippen LogP) is 3.82. The number of hydrazone groups is 1. The first-order valence-electron chi connectivity index (χ1n) is 7.95. The monoisotopic (exact) mass is 368 g/mol. The van der Waals surface area contributed by atoms with Gasteiger partial charge in [0, 0.05) is 17.3 Å². The number of hydrogen-bond donors (Lipinski definition) is 1. The van der Waals surface area contributed by atoms with Gasteiger partial charge in [0.2, 0.25) is 5.13 Å². The summed E-state index contributed by atoms with van der Waals surface area (Å²) in [5, 5.41) is 17.1. The maximum Gasteiger partial charge on any atom is 0.439 e. The molecule has 0 saturated heterocycles. The second kappa shape index (κ2) is 5.77. The van der Waals surface area contributed by atoms with E-state index in [2.05, 4.69) is 15.1 Å². The molecule has 132 valence electrons. The minimum atomic E-state index is -4.84. The van der Waals surface area contributed by atoms with E-state index in [4.69, 9.17) is 0 Å². The van der Waals surface area contributed by atoms with Crippen molar-refractivity contribution in [3.05, 3.63) is 29.8 Å². The fourth-order valence-electron chi connectivity index (χ4n) is 3.40. The molecule has 0 aromatic carbocycles. The molecule has 2 aliphatic rings. The molecular formula is C16H15F3N4OS. The highest BCUT2D eigenvalue weighted by atomic mass is 32.1. The van der Waals surface area contributed by atoms with E-state index in [9.17, 15) is 18.3 Å². The van der Waals surface area contributed by atoms with Crippen LogP contribution in [0.25, 0.3) is 11.4 Å². The van der Waals surface area contributed by atoms with Crippen molar-refractivity contribution < 1.29 is 18.3 Å². The average Bonchev–Trinajstić information content (AvgIpc) is 3.19. The molecule has 0 amide bonds. The molecule has 1 saturated carbocycles. The van der Waals surface area contributed by atoms with Crippen LogP contribution in [0.4, 0.5) is 18.3 Å². The Morgan fingerprint density at radius 3 is 2.80 bits per heavy atom. The SMILES string of the molecule is O[C@]1(C(F)(F)F)[C@@H]2CCCCC2=NN1c1nc(-c2ccccn2)cs1. The number of anilines is 1. The van der Waals surface area contributed by atoms with E-state index in [0.717, 1.165) is 17.8 Å². The van der Waals surface area contributed by atoms with Crippen LogP contribution in [0.5, 0.6) is 0 Å². The van der Waals surface area contributed by atoms with Crippen LogP contribution in [0.2, 0.25) is 0 Å². The highest BCUT2D eigenvalue weighted by Crippen LogP contribution is 2.50. The lowest BCUT2D eigenvalue weighted by Crippen LogP contribution is -2.60. The number of fused-ring (bicyclic) bond motifs is 1. The number of aliphatic hydroxyl groups is 1. The number of halogens is 3. The number of rotatable bonds is 2.